The Morgan fingerprint density at radius 3 is 2.62 bits per heavy atom. The molecule has 2 aliphatic rings. The van der Waals surface area contributed by atoms with E-state index in [2.05, 4.69) is 27.5 Å². The van der Waals surface area contributed by atoms with E-state index in [1.807, 2.05) is 0 Å². The van der Waals surface area contributed by atoms with Crippen LogP contribution < -0.4 is 5.32 Å². The summed E-state index contributed by atoms with van der Waals surface area (Å²) >= 11 is 0. The van der Waals surface area contributed by atoms with Crippen molar-refractivity contribution in [3.05, 3.63) is 40.6 Å². The minimum Gasteiger partial charge on any atom is -0.507 e. The van der Waals surface area contributed by atoms with Crippen molar-refractivity contribution < 1.29 is 18.3 Å². The van der Waals surface area contributed by atoms with Crippen molar-refractivity contribution in [1.29, 1.82) is 0 Å². The van der Waals surface area contributed by atoms with E-state index in [0.29, 0.717) is 17.3 Å². The second-order valence-corrected chi connectivity index (χ2v) is 8.01. The SMILES string of the molecule is CN1CCN[C@@H](Cc2nnc(-c3ccc(C(F)(F)F)cc3O)c3c2CCCC3)C1. The van der Waals surface area contributed by atoms with Crippen LogP contribution in [0.2, 0.25) is 0 Å². The molecule has 29 heavy (non-hydrogen) atoms. The molecule has 1 aliphatic carbocycles. The quantitative estimate of drug-likeness (QED) is 0.820. The summed E-state index contributed by atoms with van der Waals surface area (Å²) in [5, 5.41) is 22.6. The van der Waals surface area contributed by atoms with Gasteiger partial charge >= 0.3 is 6.18 Å². The lowest BCUT2D eigenvalue weighted by molar-refractivity contribution is -0.137. The topological polar surface area (TPSA) is 61.3 Å². The summed E-state index contributed by atoms with van der Waals surface area (Å²) in [7, 11) is 2.10. The maximum atomic E-state index is 12.9. The molecule has 5 nitrogen and oxygen atoms in total. The van der Waals surface area contributed by atoms with Crippen LogP contribution in [0.4, 0.5) is 13.2 Å². The number of benzene rings is 1. The molecule has 0 amide bonds. The van der Waals surface area contributed by atoms with Crippen molar-refractivity contribution >= 4 is 0 Å². The molecule has 0 saturated carbocycles. The lowest BCUT2D eigenvalue weighted by Gasteiger charge is -2.31. The Balaban J connectivity index is 1.69. The number of phenols is 1. The van der Waals surface area contributed by atoms with Crippen LogP contribution in [0.3, 0.4) is 0 Å². The van der Waals surface area contributed by atoms with E-state index < -0.39 is 17.5 Å². The molecule has 1 saturated heterocycles. The molecule has 2 aromatic rings. The average molecular weight is 406 g/mol. The molecule has 1 fully saturated rings. The average Bonchev–Trinajstić information content (AvgIpc) is 2.68. The maximum Gasteiger partial charge on any atom is 0.416 e. The smallest absolute Gasteiger partial charge is 0.416 e. The van der Waals surface area contributed by atoms with Crippen LogP contribution in [0.1, 0.15) is 35.2 Å². The number of rotatable bonds is 3. The number of nitrogens with zero attached hydrogens (tertiary/aromatic N) is 3. The molecule has 4 rings (SSSR count). The third-order valence-corrected chi connectivity index (χ3v) is 5.85. The largest absolute Gasteiger partial charge is 0.507 e. The van der Waals surface area contributed by atoms with Gasteiger partial charge in [-0.1, -0.05) is 0 Å². The normalized spacial score (nSPS) is 20.5. The van der Waals surface area contributed by atoms with E-state index in [-0.39, 0.29) is 0 Å². The highest BCUT2D eigenvalue weighted by molar-refractivity contribution is 5.71. The Hall–Kier alpha value is -2.19. The Labute approximate surface area is 167 Å². The van der Waals surface area contributed by atoms with Crippen molar-refractivity contribution in [2.75, 3.05) is 26.7 Å². The van der Waals surface area contributed by atoms with Gasteiger partial charge < -0.3 is 15.3 Å². The Morgan fingerprint density at radius 1 is 1.17 bits per heavy atom. The molecule has 8 heteroatoms. The molecule has 1 aliphatic heterocycles. The minimum absolute atomic E-state index is 0.305. The van der Waals surface area contributed by atoms with Crippen molar-refractivity contribution in [2.24, 2.45) is 0 Å². The zero-order valence-electron chi connectivity index (χ0n) is 16.4. The number of aromatic hydroxyl groups is 1. The summed E-state index contributed by atoms with van der Waals surface area (Å²) in [6.07, 6.45) is 0.0198. The van der Waals surface area contributed by atoms with Crippen molar-refractivity contribution in [1.82, 2.24) is 20.4 Å². The van der Waals surface area contributed by atoms with E-state index in [1.54, 1.807) is 0 Å². The number of phenolic OH excluding ortho intramolecular Hbond substituents is 1. The predicted molar refractivity (Wildman–Crippen MR) is 104 cm³/mol. The predicted octanol–water partition coefficient (Wildman–Crippen LogP) is 3.19. The molecule has 2 heterocycles. The number of fused-ring (bicyclic) bond motifs is 1. The van der Waals surface area contributed by atoms with Gasteiger partial charge in [0.2, 0.25) is 0 Å². The second-order valence-electron chi connectivity index (χ2n) is 8.01. The number of aromatic nitrogens is 2. The molecular weight excluding hydrogens is 381 g/mol. The first kappa shape index (κ1) is 20.1. The van der Waals surface area contributed by atoms with Crippen LogP contribution in [0, 0.1) is 0 Å². The Bertz CT molecular complexity index is 900. The van der Waals surface area contributed by atoms with Gasteiger partial charge in [0, 0.05) is 37.7 Å². The third kappa shape index (κ3) is 4.23. The molecule has 1 aromatic heterocycles. The highest BCUT2D eigenvalue weighted by atomic mass is 19.4. The van der Waals surface area contributed by atoms with Gasteiger partial charge in [0.1, 0.15) is 11.4 Å². The van der Waals surface area contributed by atoms with Gasteiger partial charge in [0.05, 0.1) is 11.3 Å². The number of hydrogen-bond acceptors (Lipinski definition) is 5. The Kier molecular flexibility index (Phi) is 5.48. The first-order chi connectivity index (χ1) is 13.8. The van der Waals surface area contributed by atoms with Crippen LogP contribution in [-0.4, -0.2) is 52.9 Å². The van der Waals surface area contributed by atoms with Crippen molar-refractivity contribution in [3.8, 4) is 17.0 Å². The molecule has 0 bridgehead atoms. The molecule has 2 N–H and O–H groups in total. The zero-order valence-corrected chi connectivity index (χ0v) is 16.4. The first-order valence-corrected chi connectivity index (χ1v) is 10.0. The number of nitrogens with one attached hydrogen (secondary N) is 1. The van der Waals surface area contributed by atoms with E-state index in [1.165, 1.54) is 6.07 Å². The van der Waals surface area contributed by atoms with Gasteiger partial charge in [-0.3, -0.25) is 0 Å². The van der Waals surface area contributed by atoms with Crippen LogP contribution in [-0.2, 0) is 25.4 Å². The highest BCUT2D eigenvalue weighted by Crippen LogP contribution is 2.39. The molecular formula is C21H25F3N4O. The number of alkyl halides is 3. The summed E-state index contributed by atoms with van der Waals surface area (Å²) < 4.78 is 38.8. The van der Waals surface area contributed by atoms with Crippen molar-refractivity contribution in [2.45, 2.75) is 44.3 Å². The number of hydrogen-bond donors (Lipinski definition) is 2. The number of halogens is 3. The molecule has 156 valence electrons. The summed E-state index contributed by atoms with van der Waals surface area (Å²) in [5.41, 5.74) is 3.07. The van der Waals surface area contributed by atoms with E-state index in [4.69, 9.17) is 0 Å². The van der Waals surface area contributed by atoms with Crippen LogP contribution in [0.5, 0.6) is 5.75 Å². The molecule has 0 radical (unpaired) electrons. The minimum atomic E-state index is -4.49. The number of piperazine rings is 1. The lowest BCUT2D eigenvalue weighted by atomic mass is 9.86. The van der Waals surface area contributed by atoms with E-state index >= 15 is 0 Å². The van der Waals surface area contributed by atoms with Gasteiger partial charge in [-0.15, -0.1) is 5.10 Å². The van der Waals surface area contributed by atoms with Crippen LogP contribution in [0.15, 0.2) is 18.2 Å². The summed E-state index contributed by atoms with van der Waals surface area (Å²) in [4.78, 5) is 2.29. The summed E-state index contributed by atoms with van der Waals surface area (Å²) in [5.74, 6) is -0.412. The maximum absolute atomic E-state index is 12.9. The molecule has 1 aromatic carbocycles. The zero-order chi connectivity index (χ0) is 20.6. The fourth-order valence-electron chi connectivity index (χ4n) is 4.37. The fraction of sp³-hybridized carbons (Fsp3) is 0.524. The third-order valence-electron chi connectivity index (χ3n) is 5.85. The van der Waals surface area contributed by atoms with Gasteiger partial charge in [-0.05, 0) is 62.1 Å². The monoisotopic (exact) mass is 406 g/mol. The van der Waals surface area contributed by atoms with Crippen LogP contribution in [0.25, 0.3) is 11.3 Å². The van der Waals surface area contributed by atoms with Gasteiger partial charge in [-0.25, -0.2) is 0 Å². The van der Waals surface area contributed by atoms with E-state index in [9.17, 15) is 18.3 Å². The molecule has 1 atom stereocenters. The standard InChI is InChI=1S/C21H25F3N4O/c1-28-9-8-25-14(12-28)11-18-15-4-2-3-5-16(15)20(27-26-18)17-7-6-13(10-19(17)29)21(22,23)24/h6-7,10,14,25,29H,2-5,8-9,11-12H2,1H3/t14-/m0/s1. The summed E-state index contributed by atoms with van der Waals surface area (Å²) in [6.45, 7) is 2.90. The fourth-order valence-corrected chi connectivity index (χ4v) is 4.37. The summed E-state index contributed by atoms with van der Waals surface area (Å²) in [6, 6.07) is 3.36. The van der Waals surface area contributed by atoms with Gasteiger partial charge in [0.25, 0.3) is 0 Å². The molecule has 0 unspecified atom stereocenters. The Morgan fingerprint density at radius 2 is 1.93 bits per heavy atom. The number of likely N-dealkylation sites (N-methyl/N-ethyl adjacent to an activating group) is 1. The first-order valence-electron chi connectivity index (χ1n) is 10.0. The second kappa shape index (κ2) is 7.91. The van der Waals surface area contributed by atoms with Crippen LogP contribution >= 0.6 is 0 Å². The van der Waals surface area contributed by atoms with Crippen molar-refractivity contribution in [3.63, 3.8) is 0 Å². The van der Waals surface area contributed by atoms with Gasteiger partial charge in [0.15, 0.2) is 0 Å². The highest BCUT2D eigenvalue weighted by Gasteiger charge is 2.32. The lowest BCUT2D eigenvalue weighted by Crippen LogP contribution is -2.50. The molecule has 0 spiro atoms. The van der Waals surface area contributed by atoms with E-state index in [0.717, 1.165) is 80.7 Å². The van der Waals surface area contributed by atoms with Gasteiger partial charge in [-0.2, -0.15) is 18.3 Å².